The average Bonchev–Trinajstić information content (AvgIpc) is 2.69. The SMILES string of the molecule is Cc1cccc(C(N)C2CCOC2)n1. The minimum Gasteiger partial charge on any atom is -0.381 e. The summed E-state index contributed by atoms with van der Waals surface area (Å²) in [5, 5.41) is 0. The molecule has 0 spiro atoms. The summed E-state index contributed by atoms with van der Waals surface area (Å²) in [5.74, 6) is 0.435. The van der Waals surface area contributed by atoms with Gasteiger partial charge in [0.25, 0.3) is 0 Å². The molecule has 0 amide bonds. The Balaban J connectivity index is 2.13. The Morgan fingerprint density at radius 1 is 1.57 bits per heavy atom. The molecule has 76 valence electrons. The van der Waals surface area contributed by atoms with Crippen LogP contribution in [0.1, 0.15) is 23.9 Å². The number of aromatic nitrogens is 1. The fourth-order valence-corrected chi connectivity index (χ4v) is 1.83. The zero-order chi connectivity index (χ0) is 9.97. The molecule has 1 aliphatic rings. The standard InChI is InChI=1S/C11H16N2O/c1-8-3-2-4-10(13-8)11(12)9-5-6-14-7-9/h2-4,9,11H,5-7,12H2,1H3. The molecule has 1 aromatic rings. The van der Waals surface area contributed by atoms with E-state index >= 15 is 0 Å². The number of rotatable bonds is 2. The predicted molar refractivity (Wildman–Crippen MR) is 54.8 cm³/mol. The topological polar surface area (TPSA) is 48.1 Å². The molecule has 2 heterocycles. The van der Waals surface area contributed by atoms with E-state index in [9.17, 15) is 0 Å². The van der Waals surface area contributed by atoms with Gasteiger partial charge in [0.05, 0.1) is 18.3 Å². The number of nitrogens with zero attached hydrogens (tertiary/aromatic N) is 1. The molecule has 2 rings (SSSR count). The smallest absolute Gasteiger partial charge is 0.0577 e. The van der Waals surface area contributed by atoms with Gasteiger partial charge in [-0.15, -0.1) is 0 Å². The van der Waals surface area contributed by atoms with Crippen LogP contribution in [-0.2, 0) is 4.74 Å². The van der Waals surface area contributed by atoms with Crippen LogP contribution in [0.4, 0.5) is 0 Å². The van der Waals surface area contributed by atoms with E-state index in [4.69, 9.17) is 10.5 Å². The third-order valence-corrected chi connectivity index (χ3v) is 2.72. The van der Waals surface area contributed by atoms with E-state index in [2.05, 4.69) is 4.98 Å². The van der Waals surface area contributed by atoms with Crippen molar-refractivity contribution in [1.29, 1.82) is 0 Å². The molecule has 0 saturated carbocycles. The van der Waals surface area contributed by atoms with Crippen molar-refractivity contribution in [3.8, 4) is 0 Å². The molecule has 2 unspecified atom stereocenters. The zero-order valence-corrected chi connectivity index (χ0v) is 8.44. The number of nitrogens with two attached hydrogens (primary N) is 1. The fourth-order valence-electron chi connectivity index (χ4n) is 1.83. The van der Waals surface area contributed by atoms with Crippen LogP contribution >= 0.6 is 0 Å². The van der Waals surface area contributed by atoms with E-state index in [0.717, 1.165) is 31.0 Å². The van der Waals surface area contributed by atoms with Crippen LogP contribution in [0.25, 0.3) is 0 Å². The van der Waals surface area contributed by atoms with E-state index in [-0.39, 0.29) is 6.04 Å². The molecule has 1 saturated heterocycles. The molecule has 1 aliphatic heterocycles. The van der Waals surface area contributed by atoms with Crippen molar-refractivity contribution in [2.45, 2.75) is 19.4 Å². The lowest BCUT2D eigenvalue weighted by Gasteiger charge is -2.17. The molecule has 2 atom stereocenters. The highest BCUT2D eigenvalue weighted by atomic mass is 16.5. The molecule has 14 heavy (non-hydrogen) atoms. The summed E-state index contributed by atoms with van der Waals surface area (Å²) in [7, 11) is 0. The minimum absolute atomic E-state index is 0.0254. The van der Waals surface area contributed by atoms with Crippen molar-refractivity contribution in [1.82, 2.24) is 4.98 Å². The summed E-state index contributed by atoms with van der Waals surface area (Å²) in [4.78, 5) is 4.44. The number of ether oxygens (including phenoxy) is 1. The molecule has 2 N–H and O–H groups in total. The second kappa shape index (κ2) is 4.07. The van der Waals surface area contributed by atoms with Crippen molar-refractivity contribution < 1.29 is 4.74 Å². The number of pyridine rings is 1. The summed E-state index contributed by atoms with van der Waals surface area (Å²) in [6.45, 7) is 3.60. The van der Waals surface area contributed by atoms with Crippen molar-refractivity contribution in [3.05, 3.63) is 29.6 Å². The molecule has 3 nitrogen and oxygen atoms in total. The first-order valence-corrected chi connectivity index (χ1v) is 5.04. The van der Waals surface area contributed by atoms with E-state index in [1.54, 1.807) is 0 Å². The molecule has 1 fully saturated rings. The van der Waals surface area contributed by atoms with Crippen LogP contribution in [0.2, 0.25) is 0 Å². The third kappa shape index (κ3) is 1.94. The summed E-state index contributed by atoms with van der Waals surface area (Å²) in [6, 6.07) is 6.02. The van der Waals surface area contributed by atoms with Crippen molar-refractivity contribution in [2.24, 2.45) is 11.7 Å². The van der Waals surface area contributed by atoms with Gasteiger partial charge in [-0.05, 0) is 25.5 Å². The van der Waals surface area contributed by atoms with E-state index in [0.29, 0.717) is 5.92 Å². The lowest BCUT2D eigenvalue weighted by atomic mass is 9.96. The van der Waals surface area contributed by atoms with Crippen molar-refractivity contribution in [2.75, 3.05) is 13.2 Å². The summed E-state index contributed by atoms with van der Waals surface area (Å²) in [6.07, 6.45) is 1.05. The van der Waals surface area contributed by atoms with Crippen LogP contribution in [0.3, 0.4) is 0 Å². The van der Waals surface area contributed by atoms with Gasteiger partial charge in [-0.3, -0.25) is 4.98 Å². The highest BCUT2D eigenvalue weighted by Gasteiger charge is 2.24. The van der Waals surface area contributed by atoms with E-state index in [1.807, 2.05) is 25.1 Å². The Bertz CT molecular complexity index is 308. The van der Waals surface area contributed by atoms with Gasteiger partial charge in [0.2, 0.25) is 0 Å². The third-order valence-electron chi connectivity index (χ3n) is 2.72. The summed E-state index contributed by atoms with van der Waals surface area (Å²) >= 11 is 0. The molecule has 0 aliphatic carbocycles. The molecule has 0 bridgehead atoms. The highest BCUT2D eigenvalue weighted by Crippen LogP contribution is 2.25. The number of hydrogen-bond donors (Lipinski definition) is 1. The number of aryl methyl sites for hydroxylation is 1. The van der Waals surface area contributed by atoms with Crippen LogP contribution in [-0.4, -0.2) is 18.2 Å². The van der Waals surface area contributed by atoms with E-state index < -0.39 is 0 Å². The second-order valence-corrected chi connectivity index (χ2v) is 3.85. The maximum Gasteiger partial charge on any atom is 0.0577 e. The maximum absolute atomic E-state index is 6.13. The lowest BCUT2D eigenvalue weighted by Crippen LogP contribution is -2.22. The van der Waals surface area contributed by atoms with Crippen LogP contribution in [0, 0.1) is 12.8 Å². The molecule has 0 aromatic carbocycles. The molecule has 0 radical (unpaired) electrons. The van der Waals surface area contributed by atoms with Gasteiger partial charge in [-0.2, -0.15) is 0 Å². The first-order valence-electron chi connectivity index (χ1n) is 5.04. The van der Waals surface area contributed by atoms with Gasteiger partial charge >= 0.3 is 0 Å². The van der Waals surface area contributed by atoms with Gasteiger partial charge in [-0.1, -0.05) is 6.07 Å². The van der Waals surface area contributed by atoms with Crippen LogP contribution < -0.4 is 5.73 Å². The molecule has 3 heteroatoms. The Morgan fingerprint density at radius 2 is 2.43 bits per heavy atom. The normalized spacial score (nSPS) is 23.7. The summed E-state index contributed by atoms with van der Waals surface area (Å²) in [5.41, 5.74) is 8.14. The van der Waals surface area contributed by atoms with Gasteiger partial charge in [0.15, 0.2) is 0 Å². The molecule has 1 aromatic heterocycles. The maximum atomic E-state index is 6.13. The number of hydrogen-bond acceptors (Lipinski definition) is 3. The van der Waals surface area contributed by atoms with Gasteiger partial charge < -0.3 is 10.5 Å². The first-order chi connectivity index (χ1) is 6.77. The minimum atomic E-state index is 0.0254. The van der Waals surface area contributed by atoms with Crippen LogP contribution in [0.15, 0.2) is 18.2 Å². The monoisotopic (exact) mass is 192 g/mol. The Morgan fingerprint density at radius 3 is 3.07 bits per heavy atom. The lowest BCUT2D eigenvalue weighted by molar-refractivity contribution is 0.180. The first kappa shape index (κ1) is 9.62. The second-order valence-electron chi connectivity index (χ2n) is 3.85. The van der Waals surface area contributed by atoms with E-state index in [1.165, 1.54) is 0 Å². The van der Waals surface area contributed by atoms with Gasteiger partial charge in [-0.25, -0.2) is 0 Å². The van der Waals surface area contributed by atoms with Crippen molar-refractivity contribution >= 4 is 0 Å². The van der Waals surface area contributed by atoms with Crippen LogP contribution in [0.5, 0.6) is 0 Å². The molecular formula is C11H16N2O. The fraction of sp³-hybridized carbons (Fsp3) is 0.545. The quantitative estimate of drug-likeness (QED) is 0.771. The van der Waals surface area contributed by atoms with Crippen molar-refractivity contribution in [3.63, 3.8) is 0 Å². The van der Waals surface area contributed by atoms with Gasteiger partial charge in [0, 0.05) is 18.2 Å². The zero-order valence-electron chi connectivity index (χ0n) is 8.44. The largest absolute Gasteiger partial charge is 0.381 e. The molecular weight excluding hydrogens is 176 g/mol. The average molecular weight is 192 g/mol. The predicted octanol–water partition coefficient (Wildman–Crippen LogP) is 1.43. The highest BCUT2D eigenvalue weighted by molar-refractivity contribution is 5.14. The Hall–Kier alpha value is -0.930. The Kier molecular flexibility index (Phi) is 2.79. The Labute approximate surface area is 84.3 Å². The summed E-state index contributed by atoms with van der Waals surface area (Å²) < 4.78 is 5.32. The van der Waals surface area contributed by atoms with Gasteiger partial charge in [0.1, 0.15) is 0 Å².